The summed E-state index contributed by atoms with van der Waals surface area (Å²) in [6.45, 7) is 0.672. The molecule has 1 heterocycles. The predicted molar refractivity (Wildman–Crippen MR) is 76.3 cm³/mol. The summed E-state index contributed by atoms with van der Waals surface area (Å²) < 4.78 is 44.6. The minimum Gasteiger partial charge on any atom is -0.378 e. The van der Waals surface area contributed by atoms with Gasteiger partial charge in [-0.25, -0.2) is 0 Å². The second-order valence-corrected chi connectivity index (χ2v) is 5.53. The van der Waals surface area contributed by atoms with Crippen LogP contribution in [0.5, 0.6) is 0 Å². The van der Waals surface area contributed by atoms with Gasteiger partial charge in [0.15, 0.2) is 0 Å². The average molecular weight is 315 g/mol. The van der Waals surface area contributed by atoms with Gasteiger partial charge in [-0.1, -0.05) is 30.3 Å². The fourth-order valence-corrected chi connectivity index (χ4v) is 2.53. The van der Waals surface area contributed by atoms with Crippen LogP contribution in [0.15, 0.2) is 30.3 Å². The normalized spacial score (nSPS) is 19.9. The summed E-state index contributed by atoms with van der Waals surface area (Å²) in [5.74, 6) is -0.575. The lowest BCUT2D eigenvalue weighted by molar-refractivity contribution is -0.161. The number of carbonyl (C=O) groups excluding carboxylic acids is 1. The Morgan fingerprint density at radius 3 is 2.64 bits per heavy atom. The SMILES string of the molecule is O=C(CC[C@@H]1CCCO1)N[C@@H](Cc1ccccc1)C(F)(F)F. The monoisotopic (exact) mass is 315 g/mol. The second kappa shape index (κ2) is 7.63. The Bertz CT molecular complexity index is 470. The van der Waals surface area contributed by atoms with Crippen LogP contribution in [-0.4, -0.2) is 30.8 Å². The van der Waals surface area contributed by atoms with Crippen LogP contribution in [0.4, 0.5) is 13.2 Å². The maximum Gasteiger partial charge on any atom is 0.408 e. The van der Waals surface area contributed by atoms with E-state index in [2.05, 4.69) is 5.32 Å². The Kier molecular flexibility index (Phi) is 5.83. The molecule has 6 heteroatoms. The van der Waals surface area contributed by atoms with Crippen molar-refractivity contribution in [3.8, 4) is 0 Å². The summed E-state index contributed by atoms with van der Waals surface area (Å²) in [7, 11) is 0. The molecule has 22 heavy (non-hydrogen) atoms. The second-order valence-electron chi connectivity index (χ2n) is 5.53. The number of carbonyl (C=O) groups is 1. The number of ether oxygens (including phenoxy) is 1. The third-order valence-corrected chi connectivity index (χ3v) is 3.73. The van der Waals surface area contributed by atoms with Gasteiger partial charge in [0.2, 0.25) is 5.91 Å². The van der Waals surface area contributed by atoms with Gasteiger partial charge in [-0.3, -0.25) is 4.79 Å². The van der Waals surface area contributed by atoms with Crippen molar-refractivity contribution >= 4 is 5.91 Å². The fourth-order valence-electron chi connectivity index (χ4n) is 2.53. The summed E-state index contributed by atoms with van der Waals surface area (Å²) in [6, 6.07) is 6.50. The number of nitrogens with one attached hydrogen (secondary N) is 1. The van der Waals surface area contributed by atoms with Crippen LogP contribution in [0.3, 0.4) is 0 Å². The van der Waals surface area contributed by atoms with E-state index < -0.39 is 18.1 Å². The van der Waals surface area contributed by atoms with E-state index in [0.717, 1.165) is 12.8 Å². The highest BCUT2D eigenvalue weighted by molar-refractivity contribution is 5.76. The van der Waals surface area contributed by atoms with Crippen molar-refractivity contribution in [1.82, 2.24) is 5.32 Å². The summed E-state index contributed by atoms with van der Waals surface area (Å²) in [5.41, 5.74) is 0.546. The van der Waals surface area contributed by atoms with Gasteiger partial charge in [0, 0.05) is 19.4 Å². The maximum absolute atomic E-state index is 13.1. The number of alkyl halides is 3. The molecule has 0 spiro atoms. The van der Waals surface area contributed by atoms with Crippen molar-refractivity contribution in [2.45, 2.75) is 50.4 Å². The Labute approximate surface area is 127 Å². The molecule has 0 aromatic heterocycles. The van der Waals surface area contributed by atoms with Crippen LogP contribution in [0.25, 0.3) is 0 Å². The van der Waals surface area contributed by atoms with E-state index in [9.17, 15) is 18.0 Å². The van der Waals surface area contributed by atoms with Crippen molar-refractivity contribution in [1.29, 1.82) is 0 Å². The van der Waals surface area contributed by atoms with Gasteiger partial charge in [-0.2, -0.15) is 13.2 Å². The van der Waals surface area contributed by atoms with Gasteiger partial charge in [0.05, 0.1) is 6.10 Å². The predicted octanol–water partition coefficient (Wildman–Crippen LogP) is 3.24. The van der Waals surface area contributed by atoms with E-state index in [1.165, 1.54) is 0 Å². The first-order valence-electron chi connectivity index (χ1n) is 7.47. The van der Waals surface area contributed by atoms with E-state index in [1.807, 2.05) is 0 Å². The fraction of sp³-hybridized carbons (Fsp3) is 0.562. The zero-order valence-electron chi connectivity index (χ0n) is 12.2. The van der Waals surface area contributed by atoms with E-state index in [0.29, 0.717) is 18.6 Å². The summed E-state index contributed by atoms with van der Waals surface area (Å²) in [5, 5.41) is 2.11. The van der Waals surface area contributed by atoms with Crippen LogP contribution in [0, 0.1) is 0 Å². The maximum atomic E-state index is 13.1. The molecule has 1 aromatic carbocycles. The molecule has 1 aliphatic heterocycles. The molecule has 1 N–H and O–H groups in total. The Balaban J connectivity index is 1.87. The molecule has 1 amide bonds. The largest absolute Gasteiger partial charge is 0.408 e. The van der Waals surface area contributed by atoms with Crippen molar-refractivity contribution in [2.24, 2.45) is 0 Å². The lowest BCUT2D eigenvalue weighted by atomic mass is 10.0. The highest BCUT2D eigenvalue weighted by atomic mass is 19.4. The summed E-state index contributed by atoms with van der Waals surface area (Å²) in [6.07, 6.45) is -2.35. The first-order chi connectivity index (χ1) is 10.4. The third kappa shape index (κ3) is 5.33. The van der Waals surface area contributed by atoms with E-state index in [-0.39, 0.29) is 18.9 Å². The smallest absolute Gasteiger partial charge is 0.378 e. The molecule has 2 atom stereocenters. The molecule has 0 bridgehead atoms. The van der Waals surface area contributed by atoms with Crippen molar-refractivity contribution < 1.29 is 22.7 Å². The van der Waals surface area contributed by atoms with Crippen molar-refractivity contribution in [3.63, 3.8) is 0 Å². The minimum absolute atomic E-state index is 0.00390. The summed E-state index contributed by atoms with van der Waals surface area (Å²) >= 11 is 0. The molecular weight excluding hydrogens is 295 g/mol. The first-order valence-corrected chi connectivity index (χ1v) is 7.47. The first kappa shape index (κ1) is 16.8. The number of hydrogen-bond donors (Lipinski definition) is 1. The third-order valence-electron chi connectivity index (χ3n) is 3.73. The minimum atomic E-state index is -4.46. The molecule has 2 rings (SSSR count). The highest BCUT2D eigenvalue weighted by Gasteiger charge is 2.40. The van der Waals surface area contributed by atoms with Crippen molar-refractivity contribution in [2.75, 3.05) is 6.61 Å². The number of benzene rings is 1. The Hall–Kier alpha value is -1.56. The van der Waals surface area contributed by atoms with Gasteiger partial charge in [0.1, 0.15) is 6.04 Å². The molecule has 0 radical (unpaired) electrons. The van der Waals surface area contributed by atoms with Gasteiger partial charge >= 0.3 is 6.18 Å². The number of rotatable bonds is 6. The number of halogens is 3. The van der Waals surface area contributed by atoms with Crippen LogP contribution in [0.1, 0.15) is 31.2 Å². The molecule has 122 valence electrons. The highest BCUT2D eigenvalue weighted by Crippen LogP contribution is 2.24. The zero-order chi connectivity index (χ0) is 16.0. The molecule has 1 fully saturated rings. The van der Waals surface area contributed by atoms with E-state index >= 15 is 0 Å². The molecule has 0 aliphatic carbocycles. The average Bonchev–Trinajstić information content (AvgIpc) is 2.98. The van der Waals surface area contributed by atoms with Crippen LogP contribution >= 0.6 is 0 Å². The Morgan fingerprint density at radius 1 is 1.32 bits per heavy atom. The molecule has 1 aromatic rings. The molecule has 0 saturated carbocycles. The molecule has 3 nitrogen and oxygen atoms in total. The number of amides is 1. The number of hydrogen-bond acceptors (Lipinski definition) is 2. The molecule has 1 saturated heterocycles. The quantitative estimate of drug-likeness (QED) is 0.875. The lowest BCUT2D eigenvalue weighted by Gasteiger charge is -2.22. The molecule has 1 aliphatic rings. The standard InChI is InChI=1S/C16H20F3NO2/c17-16(18,19)14(11-12-5-2-1-3-6-12)20-15(21)9-8-13-7-4-10-22-13/h1-3,5-6,13-14H,4,7-11H2,(H,20,21)/t13-,14-/m0/s1. The van der Waals surface area contributed by atoms with E-state index in [1.54, 1.807) is 30.3 Å². The van der Waals surface area contributed by atoms with Crippen LogP contribution < -0.4 is 5.32 Å². The zero-order valence-corrected chi connectivity index (χ0v) is 12.2. The van der Waals surface area contributed by atoms with Crippen LogP contribution in [-0.2, 0) is 16.0 Å². The van der Waals surface area contributed by atoms with E-state index in [4.69, 9.17) is 4.74 Å². The molecular formula is C16H20F3NO2. The molecule has 0 unspecified atom stereocenters. The summed E-state index contributed by atoms with van der Waals surface area (Å²) in [4.78, 5) is 11.8. The van der Waals surface area contributed by atoms with Gasteiger partial charge in [-0.15, -0.1) is 0 Å². The van der Waals surface area contributed by atoms with Gasteiger partial charge in [-0.05, 0) is 24.8 Å². The Morgan fingerprint density at radius 2 is 2.05 bits per heavy atom. The van der Waals surface area contributed by atoms with Crippen LogP contribution in [0.2, 0.25) is 0 Å². The lowest BCUT2D eigenvalue weighted by Crippen LogP contribution is -2.46. The van der Waals surface area contributed by atoms with Gasteiger partial charge in [0.25, 0.3) is 0 Å². The topological polar surface area (TPSA) is 38.3 Å². The van der Waals surface area contributed by atoms with Crippen molar-refractivity contribution in [3.05, 3.63) is 35.9 Å². The van der Waals surface area contributed by atoms with Gasteiger partial charge < -0.3 is 10.1 Å².